The summed E-state index contributed by atoms with van der Waals surface area (Å²) in [7, 11) is 2.00. The number of nitrogens with two attached hydrogens (primary N) is 1. The standard InChI is InChI=1S/C12H22N4/c1-10-4-6-16(8-11(10)7-13)9-12-3-5-14-15(12)2/h3,5,10-11H,4,6-9,13H2,1-2H3. The molecule has 0 saturated carbocycles. The first-order valence-corrected chi connectivity index (χ1v) is 6.10. The quantitative estimate of drug-likeness (QED) is 0.824. The van der Waals surface area contributed by atoms with Crippen LogP contribution in [0.3, 0.4) is 0 Å². The second kappa shape index (κ2) is 4.97. The molecular formula is C12H22N4. The Labute approximate surface area is 97.4 Å². The van der Waals surface area contributed by atoms with Crippen LogP contribution in [0.1, 0.15) is 19.0 Å². The van der Waals surface area contributed by atoms with Crippen LogP contribution in [-0.4, -0.2) is 34.3 Å². The average molecular weight is 222 g/mol. The molecule has 0 radical (unpaired) electrons. The largest absolute Gasteiger partial charge is 0.330 e. The molecule has 90 valence electrons. The lowest BCUT2D eigenvalue weighted by Crippen LogP contribution is -2.42. The Morgan fingerprint density at radius 3 is 3.00 bits per heavy atom. The van der Waals surface area contributed by atoms with Crippen molar-refractivity contribution in [1.29, 1.82) is 0 Å². The van der Waals surface area contributed by atoms with Crippen molar-refractivity contribution in [1.82, 2.24) is 14.7 Å². The minimum atomic E-state index is 0.655. The molecule has 1 saturated heterocycles. The van der Waals surface area contributed by atoms with Crippen LogP contribution in [-0.2, 0) is 13.6 Å². The summed E-state index contributed by atoms with van der Waals surface area (Å²) in [5.41, 5.74) is 7.10. The van der Waals surface area contributed by atoms with E-state index < -0.39 is 0 Å². The van der Waals surface area contributed by atoms with E-state index in [-0.39, 0.29) is 0 Å². The molecular weight excluding hydrogens is 200 g/mol. The molecule has 0 aliphatic carbocycles. The Bertz CT molecular complexity index is 334. The van der Waals surface area contributed by atoms with E-state index in [9.17, 15) is 0 Å². The highest BCUT2D eigenvalue weighted by Gasteiger charge is 2.25. The van der Waals surface area contributed by atoms with E-state index in [1.165, 1.54) is 18.7 Å². The summed E-state index contributed by atoms with van der Waals surface area (Å²) >= 11 is 0. The molecule has 4 nitrogen and oxygen atoms in total. The van der Waals surface area contributed by atoms with Crippen LogP contribution in [0, 0.1) is 11.8 Å². The first-order chi connectivity index (χ1) is 7.70. The Balaban J connectivity index is 1.94. The van der Waals surface area contributed by atoms with E-state index in [2.05, 4.69) is 23.0 Å². The first kappa shape index (κ1) is 11.6. The lowest BCUT2D eigenvalue weighted by Gasteiger charge is -2.36. The van der Waals surface area contributed by atoms with Crippen LogP contribution < -0.4 is 5.73 Å². The molecule has 2 N–H and O–H groups in total. The smallest absolute Gasteiger partial charge is 0.0521 e. The van der Waals surface area contributed by atoms with Gasteiger partial charge in [-0.05, 0) is 37.4 Å². The second-order valence-electron chi connectivity index (χ2n) is 4.94. The van der Waals surface area contributed by atoms with Crippen molar-refractivity contribution < 1.29 is 0 Å². The molecule has 1 aliphatic heterocycles. The van der Waals surface area contributed by atoms with Gasteiger partial charge in [0.2, 0.25) is 0 Å². The number of aryl methyl sites for hydroxylation is 1. The molecule has 1 aliphatic rings. The number of nitrogens with zero attached hydrogens (tertiary/aromatic N) is 3. The number of hydrogen-bond acceptors (Lipinski definition) is 3. The van der Waals surface area contributed by atoms with Crippen LogP contribution in [0.15, 0.2) is 12.3 Å². The van der Waals surface area contributed by atoms with Crippen LogP contribution in [0.4, 0.5) is 0 Å². The molecule has 0 amide bonds. The van der Waals surface area contributed by atoms with E-state index in [4.69, 9.17) is 5.73 Å². The van der Waals surface area contributed by atoms with Gasteiger partial charge in [0.1, 0.15) is 0 Å². The van der Waals surface area contributed by atoms with Crippen molar-refractivity contribution in [3.8, 4) is 0 Å². The van der Waals surface area contributed by atoms with Gasteiger partial charge in [0.25, 0.3) is 0 Å². The highest BCUT2D eigenvalue weighted by molar-refractivity contribution is 5.00. The fourth-order valence-electron chi connectivity index (χ4n) is 2.46. The molecule has 2 rings (SSSR count). The minimum Gasteiger partial charge on any atom is -0.330 e. The van der Waals surface area contributed by atoms with Gasteiger partial charge in [-0.1, -0.05) is 6.92 Å². The summed E-state index contributed by atoms with van der Waals surface area (Å²) in [6, 6.07) is 2.09. The van der Waals surface area contributed by atoms with Gasteiger partial charge in [-0.2, -0.15) is 5.10 Å². The van der Waals surface area contributed by atoms with Gasteiger partial charge in [0.15, 0.2) is 0 Å². The predicted octanol–water partition coefficient (Wildman–Crippen LogP) is 0.837. The molecule has 4 heteroatoms. The van der Waals surface area contributed by atoms with Crippen LogP contribution >= 0.6 is 0 Å². The van der Waals surface area contributed by atoms with E-state index in [0.29, 0.717) is 5.92 Å². The predicted molar refractivity (Wildman–Crippen MR) is 64.8 cm³/mol. The zero-order valence-electron chi connectivity index (χ0n) is 10.3. The molecule has 1 aromatic rings. The van der Waals surface area contributed by atoms with Gasteiger partial charge >= 0.3 is 0 Å². The molecule has 2 atom stereocenters. The minimum absolute atomic E-state index is 0.655. The Morgan fingerprint density at radius 2 is 2.38 bits per heavy atom. The molecule has 0 spiro atoms. The third kappa shape index (κ3) is 2.44. The zero-order valence-corrected chi connectivity index (χ0v) is 10.3. The number of aromatic nitrogens is 2. The fraction of sp³-hybridized carbons (Fsp3) is 0.750. The first-order valence-electron chi connectivity index (χ1n) is 6.10. The Kier molecular flexibility index (Phi) is 3.61. The summed E-state index contributed by atoms with van der Waals surface area (Å²) in [6.45, 7) is 6.44. The zero-order chi connectivity index (χ0) is 11.5. The summed E-state index contributed by atoms with van der Waals surface area (Å²) in [5.74, 6) is 1.43. The highest BCUT2D eigenvalue weighted by Crippen LogP contribution is 2.23. The van der Waals surface area contributed by atoms with Gasteiger partial charge in [0.05, 0.1) is 5.69 Å². The molecule has 2 unspecified atom stereocenters. The molecule has 16 heavy (non-hydrogen) atoms. The van der Waals surface area contributed by atoms with E-state index in [1.54, 1.807) is 0 Å². The Morgan fingerprint density at radius 1 is 1.56 bits per heavy atom. The van der Waals surface area contributed by atoms with Crippen molar-refractivity contribution in [2.75, 3.05) is 19.6 Å². The van der Waals surface area contributed by atoms with Crippen molar-refractivity contribution in [3.05, 3.63) is 18.0 Å². The number of piperidine rings is 1. The maximum absolute atomic E-state index is 5.81. The molecule has 1 aromatic heterocycles. The summed E-state index contributed by atoms with van der Waals surface area (Å²) in [5, 5.41) is 4.20. The number of rotatable bonds is 3. The molecule has 0 aromatic carbocycles. The third-order valence-corrected chi connectivity index (χ3v) is 3.81. The molecule has 2 heterocycles. The molecule has 0 bridgehead atoms. The maximum atomic E-state index is 5.81. The van der Waals surface area contributed by atoms with E-state index >= 15 is 0 Å². The van der Waals surface area contributed by atoms with Crippen molar-refractivity contribution in [3.63, 3.8) is 0 Å². The summed E-state index contributed by atoms with van der Waals surface area (Å²) in [4.78, 5) is 2.49. The monoisotopic (exact) mass is 222 g/mol. The average Bonchev–Trinajstić information content (AvgIpc) is 2.67. The summed E-state index contributed by atoms with van der Waals surface area (Å²) in [6.07, 6.45) is 3.13. The maximum Gasteiger partial charge on any atom is 0.0521 e. The van der Waals surface area contributed by atoms with Gasteiger partial charge in [-0.3, -0.25) is 9.58 Å². The second-order valence-corrected chi connectivity index (χ2v) is 4.94. The van der Waals surface area contributed by atoms with Crippen molar-refractivity contribution in [2.45, 2.75) is 19.9 Å². The fourth-order valence-corrected chi connectivity index (χ4v) is 2.46. The normalized spacial score (nSPS) is 27.2. The third-order valence-electron chi connectivity index (χ3n) is 3.81. The lowest BCUT2D eigenvalue weighted by atomic mass is 9.87. The van der Waals surface area contributed by atoms with E-state index in [0.717, 1.165) is 25.6 Å². The van der Waals surface area contributed by atoms with E-state index in [1.807, 2.05) is 17.9 Å². The van der Waals surface area contributed by atoms with Crippen LogP contribution in [0.2, 0.25) is 0 Å². The SMILES string of the molecule is CC1CCN(Cc2ccnn2C)CC1CN. The van der Waals surface area contributed by atoms with Gasteiger partial charge in [-0.25, -0.2) is 0 Å². The van der Waals surface area contributed by atoms with Crippen molar-refractivity contribution >= 4 is 0 Å². The Hall–Kier alpha value is -0.870. The lowest BCUT2D eigenvalue weighted by molar-refractivity contribution is 0.124. The van der Waals surface area contributed by atoms with Crippen LogP contribution in [0.5, 0.6) is 0 Å². The van der Waals surface area contributed by atoms with Gasteiger partial charge < -0.3 is 5.73 Å². The molecule has 1 fully saturated rings. The number of likely N-dealkylation sites (tertiary alicyclic amines) is 1. The number of hydrogen-bond donors (Lipinski definition) is 1. The van der Waals surface area contributed by atoms with Gasteiger partial charge in [-0.15, -0.1) is 0 Å². The topological polar surface area (TPSA) is 47.1 Å². The van der Waals surface area contributed by atoms with Crippen molar-refractivity contribution in [2.24, 2.45) is 24.6 Å². The van der Waals surface area contributed by atoms with Crippen LogP contribution in [0.25, 0.3) is 0 Å². The highest BCUT2D eigenvalue weighted by atomic mass is 15.3. The summed E-state index contributed by atoms with van der Waals surface area (Å²) < 4.78 is 1.95. The van der Waals surface area contributed by atoms with Gasteiger partial charge in [0, 0.05) is 26.3 Å².